The van der Waals surface area contributed by atoms with Gasteiger partial charge >= 0.3 is 0 Å². The molecule has 3 N–H and O–H groups in total. The van der Waals surface area contributed by atoms with Gasteiger partial charge in [0.05, 0.1) is 6.20 Å². The molecule has 0 saturated heterocycles. The van der Waals surface area contributed by atoms with Crippen LogP contribution in [0.1, 0.15) is 5.56 Å². The highest BCUT2D eigenvalue weighted by atomic mass is 35.5. The van der Waals surface area contributed by atoms with Crippen molar-refractivity contribution < 1.29 is 4.74 Å². The largest absolute Gasteiger partial charge is 0.437 e. The summed E-state index contributed by atoms with van der Waals surface area (Å²) in [4.78, 5) is 7.89. The summed E-state index contributed by atoms with van der Waals surface area (Å²) in [6.45, 7) is 1.94. The molecule has 2 aromatic rings. The van der Waals surface area contributed by atoms with Crippen LogP contribution in [-0.4, -0.2) is 9.97 Å². The van der Waals surface area contributed by atoms with Crippen LogP contribution in [0.5, 0.6) is 11.6 Å². The van der Waals surface area contributed by atoms with E-state index in [-0.39, 0.29) is 11.8 Å². The molecule has 0 unspecified atom stereocenters. The smallest absolute Gasteiger partial charge is 0.243 e. The van der Waals surface area contributed by atoms with Crippen molar-refractivity contribution in [3.63, 3.8) is 0 Å². The molecule has 5 nitrogen and oxygen atoms in total. The third-order valence-corrected chi connectivity index (χ3v) is 2.40. The number of nitrogen functional groups attached to an aromatic ring is 1. The molecule has 2 rings (SSSR count). The first-order valence-corrected chi connectivity index (χ1v) is 5.31. The number of aromatic nitrogens is 2. The zero-order valence-electron chi connectivity index (χ0n) is 9.14. The van der Waals surface area contributed by atoms with E-state index in [0.717, 1.165) is 5.56 Å². The van der Waals surface area contributed by atoms with Gasteiger partial charge in [0.2, 0.25) is 11.8 Å². The molecule has 0 aliphatic heterocycles. The van der Waals surface area contributed by atoms with Gasteiger partial charge in [-0.3, -0.25) is 5.43 Å². The molecule has 1 aromatic heterocycles. The molecule has 0 amide bonds. The lowest BCUT2D eigenvalue weighted by Gasteiger charge is -2.09. The normalized spacial score (nSPS) is 10.1. The van der Waals surface area contributed by atoms with Crippen LogP contribution < -0.4 is 16.0 Å². The highest BCUT2D eigenvalue weighted by molar-refractivity contribution is 6.31. The van der Waals surface area contributed by atoms with Gasteiger partial charge in [-0.2, -0.15) is 4.98 Å². The van der Waals surface area contributed by atoms with Crippen LogP contribution >= 0.6 is 11.6 Å². The van der Waals surface area contributed by atoms with E-state index in [1.54, 1.807) is 0 Å². The Hall–Kier alpha value is -1.85. The SMILES string of the molecule is Cc1ccccc1Oc1nc(NN)ncc1Cl. The van der Waals surface area contributed by atoms with Gasteiger partial charge in [-0.25, -0.2) is 10.8 Å². The first kappa shape index (κ1) is 11.6. The lowest BCUT2D eigenvalue weighted by atomic mass is 10.2. The van der Waals surface area contributed by atoms with Gasteiger partial charge in [0.25, 0.3) is 0 Å². The third-order valence-electron chi connectivity index (χ3n) is 2.14. The first-order chi connectivity index (χ1) is 8.20. The van der Waals surface area contributed by atoms with Crippen molar-refractivity contribution >= 4 is 17.5 Å². The number of ether oxygens (including phenoxy) is 1. The van der Waals surface area contributed by atoms with Crippen LogP contribution in [0, 0.1) is 6.92 Å². The molecule has 0 aliphatic carbocycles. The number of aryl methyl sites for hydroxylation is 1. The van der Waals surface area contributed by atoms with Crippen molar-refractivity contribution in [1.29, 1.82) is 0 Å². The Morgan fingerprint density at radius 3 is 2.82 bits per heavy atom. The van der Waals surface area contributed by atoms with Crippen LogP contribution in [-0.2, 0) is 0 Å². The first-order valence-electron chi connectivity index (χ1n) is 4.93. The van der Waals surface area contributed by atoms with Crippen molar-refractivity contribution in [3.05, 3.63) is 41.0 Å². The quantitative estimate of drug-likeness (QED) is 0.647. The van der Waals surface area contributed by atoms with E-state index in [4.69, 9.17) is 22.2 Å². The summed E-state index contributed by atoms with van der Waals surface area (Å²) in [5.41, 5.74) is 3.32. The van der Waals surface area contributed by atoms with Gasteiger partial charge in [-0.05, 0) is 18.6 Å². The molecular weight excluding hydrogens is 240 g/mol. The van der Waals surface area contributed by atoms with Crippen LogP contribution in [0.2, 0.25) is 5.02 Å². The molecule has 0 spiro atoms. The zero-order chi connectivity index (χ0) is 12.3. The molecule has 0 aliphatic rings. The van der Waals surface area contributed by atoms with E-state index in [1.165, 1.54) is 6.20 Å². The summed E-state index contributed by atoms with van der Waals surface area (Å²) in [6, 6.07) is 7.58. The summed E-state index contributed by atoms with van der Waals surface area (Å²) in [5, 5.41) is 0.326. The predicted molar refractivity (Wildman–Crippen MR) is 66.1 cm³/mol. The second kappa shape index (κ2) is 4.99. The summed E-state index contributed by atoms with van der Waals surface area (Å²) in [5.74, 6) is 6.42. The number of hydrogen-bond acceptors (Lipinski definition) is 5. The molecular formula is C11H11ClN4O. The molecule has 88 valence electrons. The second-order valence-corrected chi connectivity index (χ2v) is 3.77. The van der Waals surface area contributed by atoms with Crippen molar-refractivity contribution in [3.8, 4) is 11.6 Å². The van der Waals surface area contributed by atoms with E-state index in [0.29, 0.717) is 10.8 Å². The van der Waals surface area contributed by atoms with Gasteiger partial charge < -0.3 is 4.74 Å². The Labute approximate surface area is 104 Å². The van der Waals surface area contributed by atoms with E-state index in [9.17, 15) is 0 Å². The van der Waals surface area contributed by atoms with E-state index in [2.05, 4.69) is 15.4 Å². The van der Waals surface area contributed by atoms with Gasteiger partial charge in [-0.1, -0.05) is 29.8 Å². The number of nitrogens with two attached hydrogens (primary N) is 1. The molecule has 0 atom stereocenters. The molecule has 0 bridgehead atoms. The molecule has 0 fully saturated rings. The second-order valence-electron chi connectivity index (χ2n) is 3.36. The molecule has 1 heterocycles. The fraction of sp³-hybridized carbons (Fsp3) is 0.0909. The number of nitrogens with zero attached hydrogens (tertiary/aromatic N) is 2. The summed E-state index contributed by atoms with van der Waals surface area (Å²) < 4.78 is 5.60. The minimum absolute atomic E-state index is 0.248. The molecule has 0 radical (unpaired) electrons. The average Bonchev–Trinajstić information content (AvgIpc) is 2.35. The highest BCUT2D eigenvalue weighted by Gasteiger charge is 2.08. The summed E-state index contributed by atoms with van der Waals surface area (Å²) in [7, 11) is 0. The minimum Gasteiger partial charge on any atom is -0.437 e. The molecule has 0 saturated carbocycles. The number of nitrogens with one attached hydrogen (secondary N) is 1. The maximum absolute atomic E-state index is 5.94. The van der Waals surface area contributed by atoms with Crippen molar-refractivity contribution in [1.82, 2.24) is 9.97 Å². The highest BCUT2D eigenvalue weighted by Crippen LogP contribution is 2.29. The van der Waals surface area contributed by atoms with Gasteiger partial charge in [0, 0.05) is 0 Å². The van der Waals surface area contributed by atoms with Crippen LogP contribution in [0.15, 0.2) is 30.5 Å². The number of anilines is 1. The topological polar surface area (TPSA) is 73.1 Å². The Morgan fingerprint density at radius 2 is 2.12 bits per heavy atom. The number of benzene rings is 1. The average molecular weight is 251 g/mol. The summed E-state index contributed by atoms with van der Waals surface area (Å²) >= 11 is 5.94. The molecule has 17 heavy (non-hydrogen) atoms. The standard InChI is InChI=1S/C11H11ClN4O/c1-7-4-2-3-5-9(7)17-10-8(12)6-14-11(15-10)16-13/h2-6H,13H2,1H3,(H,14,15,16). The lowest BCUT2D eigenvalue weighted by Crippen LogP contribution is -2.10. The lowest BCUT2D eigenvalue weighted by molar-refractivity contribution is 0.459. The number of para-hydroxylation sites is 1. The van der Waals surface area contributed by atoms with Gasteiger partial charge in [-0.15, -0.1) is 0 Å². The van der Waals surface area contributed by atoms with Crippen molar-refractivity contribution in [2.24, 2.45) is 5.84 Å². The minimum atomic E-state index is 0.248. The van der Waals surface area contributed by atoms with E-state index >= 15 is 0 Å². The van der Waals surface area contributed by atoms with Gasteiger partial charge in [0.1, 0.15) is 10.8 Å². The zero-order valence-corrected chi connectivity index (χ0v) is 9.90. The molecule has 1 aromatic carbocycles. The number of halogens is 1. The number of rotatable bonds is 3. The fourth-order valence-corrected chi connectivity index (χ4v) is 1.40. The number of hydrogen-bond donors (Lipinski definition) is 2. The Kier molecular flexibility index (Phi) is 3.41. The number of hydrazine groups is 1. The Balaban J connectivity index is 2.32. The van der Waals surface area contributed by atoms with Crippen molar-refractivity contribution in [2.75, 3.05) is 5.43 Å². The van der Waals surface area contributed by atoms with Gasteiger partial charge in [0.15, 0.2) is 0 Å². The van der Waals surface area contributed by atoms with Crippen molar-refractivity contribution in [2.45, 2.75) is 6.92 Å². The van der Waals surface area contributed by atoms with Crippen LogP contribution in [0.4, 0.5) is 5.95 Å². The molecule has 6 heteroatoms. The van der Waals surface area contributed by atoms with E-state index in [1.807, 2.05) is 31.2 Å². The Bertz CT molecular complexity index is 533. The van der Waals surface area contributed by atoms with Crippen LogP contribution in [0.3, 0.4) is 0 Å². The summed E-state index contributed by atoms with van der Waals surface area (Å²) in [6.07, 6.45) is 1.43. The fourth-order valence-electron chi connectivity index (χ4n) is 1.27. The van der Waals surface area contributed by atoms with E-state index < -0.39 is 0 Å². The third kappa shape index (κ3) is 2.64. The Morgan fingerprint density at radius 1 is 1.35 bits per heavy atom. The maximum atomic E-state index is 5.94. The predicted octanol–water partition coefficient (Wildman–Crippen LogP) is 2.52. The van der Waals surface area contributed by atoms with Crippen LogP contribution in [0.25, 0.3) is 0 Å². The maximum Gasteiger partial charge on any atom is 0.243 e. The monoisotopic (exact) mass is 250 g/mol.